The van der Waals surface area contributed by atoms with Crippen molar-refractivity contribution >= 4 is 17.4 Å². The zero-order chi connectivity index (χ0) is 14.3. The van der Waals surface area contributed by atoms with Gasteiger partial charge in [-0.15, -0.1) is 6.58 Å². The maximum atomic E-state index is 6.20. The summed E-state index contributed by atoms with van der Waals surface area (Å²) in [7, 11) is 0. The van der Waals surface area contributed by atoms with Crippen molar-refractivity contribution in [1.82, 2.24) is 10.3 Å². The molecule has 1 rings (SSSR count). The van der Waals surface area contributed by atoms with Crippen molar-refractivity contribution in [3.05, 3.63) is 35.5 Å². The molecule has 0 bridgehead atoms. The van der Waals surface area contributed by atoms with Crippen LogP contribution in [-0.2, 0) is 6.54 Å². The van der Waals surface area contributed by atoms with Crippen molar-refractivity contribution in [2.75, 3.05) is 24.5 Å². The van der Waals surface area contributed by atoms with Gasteiger partial charge in [0.1, 0.15) is 5.82 Å². The second-order valence-corrected chi connectivity index (χ2v) is 5.39. The van der Waals surface area contributed by atoms with E-state index >= 15 is 0 Å². The fourth-order valence-electron chi connectivity index (χ4n) is 1.81. The molecular formula is C15H24ClN3. The smallest absolute Gasteiger partial charge is 0.129 e. The van der Waals surface area contributed by atoms with Gasteiger partial charge in [-0.25, -0.2) is 4.98 Å². The second kappa shape index (κ2) is 8.18. The maximum absolute atomic E-state index is 6.20. The number of rotatable bonds is 8. The number of hydrogen-bond donors (Lipinski definition) is 1. The van der Waals surface area contributed by atoms with E-state index in [2.05, 4.69) is 48.6 Å². The van der Waals surface area contributed by atoms with E-state index < -0.39 is 0 Å². The van der Waals surface area contributed by atoms with E-state index in [1.807, 2.05) is 6.08 Å². The zero-order valence-corrected chi connectivity index (χ0v) is 12.9. The first-order valence-corrected chi connectivity index (χ1v) is 7.17. The second-order valence-electron chi connectivity index (χ2n) is 4.99. The molecule has 4 heteroatoms. The minimum Gasteiger partial charge on any atom is -0.353 e. The Kier molecular flexibility index (Phi) is 6.89. The lowest BCUT2D eigenvalue weighted by Crippen LogP contribution is -2.24. The molecule has 0 fully saturated rings. The molecule has 0 saturated heterocycles. The highest BCUT2D eigenvalue weighted by atomic mass is 35.5. The highest BCUT2D eigenvalue weighted by Crippen LogP contribution is 2.20. The largest absolute Gasteiger partial charge is 0.353 e. The highest BCUT2D eigenvalue weighted by molar-refractivity contribution is 6.31. The third kappa shape index (κ3) is 5.21. The van der Waals surface area contributed by atoms with Gasteiger partial charge in [-0.3, -0.25) is 0 Å². The van der Waals surface area contributed by atoms with E-state index in [4.69, 9.17) is 11.6 Å². The maximum Gasteiger partial charge on any atom is 0.129 e. The zero-order valence-electron chi connectivity index (χ0n) is 12.1. The summed E-state index contributed by atoms with van der Waals surface area (Å²) in [4.78, 5) is 6.55. The molecule has 0 atom stereocenters. The predicted molar refractivity (Wildman–Crippen MR) is 83.9 cm³/mol. The van der Waals surface area contributed by atoms with Crippen LogP contribution in [0.15, 0.2) is 24.9 Å². The van der Waals surface area contributed by atoms with E-state index in [0.717, 1.165) is 42.6 Å². The monoisotopic (exact) mass is 281 g/mol. The van der Waals surface area contributed by atoms with E-state index in [0.29, 0.717) is 5.92 Å². The molecular weight excluding hydrogens is 258 g/mol. The number of halogens is 1. The molecule has 0 aliphatic heterocycles. The molecule has 1 aromatic rings. The molecule has 0 spiro atoms. The fraction of sp³-hybridized carbons (Fsp3) is 0.533. The average Bonchev–Trinajstić information content (AvgIpc) is 2.38. The standard InChI is InChI=1S/C15H24ClN3/c1-5-7-19(6-2)15-8-13(14(16)11-18-15)10-17-9-12(3)4/h5,8,11-12,17H,1,6-7,9-10H2,2-4H3. The summed E-state index contributed by atoms with van der Waals surface area (Å²) in [5, 5.41) is 4.12. The Hall–Kier alpha value is -1.06. The Morgan fingerprint density at radius 3 is 2.84 bits per heavy atom. The van der Waals surface area contributed by atoms with Crippen molar-refractivity contribution < 1.29 is 0 Å². The third-order valence-corrected chi connectivity index (χ3v) is 3.18. The first-order valence-electron chi connectivity index (χ1n) is 6.79. The third-order valence-electron chi connectivity index (χ3n) is 2.84. The normalized spacial score (nSPS) is 10.8. The minimum atomic E-state index is 0.632. The molecule has 1 N–H and O–H groups in total. The molecule has 19 heavy (non-hydrogen) atoms. The summed E-state index contributed by atoms with van der Waals surface area (Å²) in [5.41, 5.74) is 1.09. The first kappa shape index (κ1) is 16.0. The van der Waals surface area contributed by atoms with Gasteiger partial charge >= 0.3 is 0 Å². The predicted octanol–water partition coefficient (Wildman–Crippen LogP) is 3.49. The van der Waals surface area contributed by atoms with Crippen molar-refractivity contribution in [2.45, 2.75) is 27.3 Å². The fourth-order valence-corrected chi connectivity index (χ4v) is 1.98. The molecule has 0 aromatic carbocycles. The lowest BCUT2D eigenvalue weighted by atomic mass is 10.2. The van der Waals surface area contributed by atoms with Crippen LogP contribution in [0.4, 0.5) is 5.82 Å². The molecule has 0 saturated carbocycles. The van der Waals surface area contributed by atoms with Crippen LogP contribution in [-0.4, -0.2) is 24.6 Å². The lowest BCUT2D eigenvalue weighted by molar-refractivity contribution is 0.552. The molecule has 3 nitrogen and oxygen atoms in total. The van der Waals surface area contributed by atoms with Gasteiger partial charge in [0.05, 0.1) is 5.02 Å². The van der Waals surface area contributed by atoms with Gasteiger partial charge < -0.3 is 10.2 Å². The van der Waals surface area contributed by atoms with Crippen LogP contribution in [0.1, 0.15) is 26.3 Å². The van der Waals surface area contributed by atoms with Gasteiger partial charge in [-0.2, -0.15) is 0 Å². The molecule has 0 aliphatic carbocycles. The lowest BCUT2D eigenvalue weighted by Gasteiger charge is -2.21. The molecule has 0 radical (unpaired) electrons. The Labute approximate surface area is 121 Å². The van der Waals surface area contributed by atoms with Crippen LogP contribution in [0, 0.1) is 5.92 Å². The summed E-state index contributed by atoms with van der Waals surface area (Å²) in [6, 6.07) is 2.06. The number of hydrogen-bond acceptors (Lipinski definition) is 3. The van der Waals surface area contributed by atoms with E-state index in [9.17, 15) is 0 Å². The van der Waals surface area contributed by atoms with Gasteiger partial charge in [-0.05, 0) is 31.0 Å². The van der Waals surface area contributed by atoms with Crippen LogP contribution >= 0.6 is 11.6 Å². The number of likely N-dealkylation sites (N-methyl/N-ethyl adjacent to an activating group) is 1. The van der Waals surface area contributed by atoms with Gasteiger partial charge in [0.25, 0.3) is 0 Å². The van der Waals surface area contributed by atoms with E-state index in [1.165, 1.54) is 0 Å². The molecule has 106 valence electrons. The number of anilines is 1. The number of aromatic nitrogens is 1. The summed E-state index contributed by atoms with van der Waals surface area (Å²) in [6.07, 6.45) is 3.62. The molecule has 0 unspecified atom stereocenters. The summed E-state index contributed by atoms with van der Waals surface area (Å²) < 4.78 is 0. The van der Waals surface area contributed by atoms with Crippen molar-refractivity contribution in [3.8, 4) is 0 Å². The highest BCUT2D eigenvalue weighted by Gasteiger charge is 2.08. The SMILES string of the molecule is C=CCN(CC)c1cc(CNCC(C)C)c(Cl)cn1. The van der Waals surface area contributed by atoms with Gasteiger partial charge in [-0.1, -0.05) is 31.5 Å². The molecule has 0 amide bonds. The quantitative estimate of drug-likeness (QED) is 0.740. The Morgan fingerprint density at radius 2 is 2.26 bits per heavy atom. The van der Waals surface area contributed by atoms with Gasteiger partial charge in [0.15, 0.2) is 0 Å². The van der Waals surface area contributed by atoms with Crippen molar-refractivity contribution in [2.24, 2.45) is 5.92 Å². The van der Waals surface area contributed by atoms with E-state index in [-0.39, 0.29) is 0 Å². The van der Waals surface area contributed by atoms with Gasteiger partial charge in [0.2, 0.25) is 0 Å². The Morgan fingerprint density at radius 1 is 1.53 bits per heavy atom. The van der Waals surface area contributed by atoms with Crippen LogP contribution in [0.2, 0.25) is 5.02 Å². The Balaban J connectivity index is 2.77. The number of nitrogens with zero attached hydrogens (tertiary/aromatic N) is 2. The minimum absolute atomic E-state index is 0.632. The summed E-state index contributed by atoms with van der Waals surface area (Å²) >= 11 is 6.20. The van der Waals surface area contributed by atoms with E-state index in [1.54, 1.807) is 6.20 Å². The van der Waals surface area contributed by atoms with Crippen molar-refractivity contribution in [3.63, 3.8) is 0 Å². The van der Waals surface area contributed by atoms with Crippen LogP contribution in [0.3, 0.4) is 0 Å². The van der Waals surface area contributed by atoms with Gasteiger partial charge in [0, 0.05) is 25.8 Å². The Bertz CT molecular complexity index is 404. The summed E-state index contributed by atoms with van der Waals surface area (Å²) in [5.74, 6) is 1.58. The molecule has 1 heterocycles. The molecule has 1 aromatic heterocycles. The van der Waals surface area contributed by atoms with Crippen molar-refractivity contribution in [1.29, 1.82) is 0 Å². The average molecular weight is 282 g/mol. The topological polar surface area (TPSA) is 28.2 Å². The first-order chi connectivity index (χ1) is 9.08. The summed E-state index contributed by atoms with van der Waals surface area (Å²) in [6.45, 7) is 13.7. The van der Waals surface area contributed by atoms with Crippen LogP contribution in [0.25, 0.3) is 0 Å². The molecule has 0 aliphatic rings. The number of nitrogens with one attached hydrogen (secondary N) is 1. The van der Waals surface area contributed by atoms with Crippen LogP contribution < -0.4 is 10.2 Å². The number of pyridine rings is 1. The van der Waals surface area contributed by atoms with Crippen LogP contribution in [0.5, 0.6) is 0 Å².